The van der Waals surface area contributed by atoms with Crippen molar-refractivity contribution in [2.75, 3.05) is 18.4 Å². The number of nitrogens with one attached hydrogen (secondary N) is 1. The van der Waals surface area contributed by atoms with Gasteiger partial charge in [0.2, 0.25) is 5.76 Å². The first-order valence-electron chi connectivity index (χ1n) is 10.2. The van der Waals surface area contributed by atoms with Gasteiger partial charge in [0, 0.05) is 38.0 Å². The molecule has 4 heterocycles. The van der Waals surface area contributed by atoms with Crippen molar-refractivity contribution in [1.29, 1.82) is 0 Å². The van der Waals surface area contributed by atoms with E-state index in [-0.39, 0.29) is 36.0 Å². The van der Waals surface area contributed by atoms with E-state index in [0.717, 1.165) is 4.68 Å². The van der Waals surface area contributed by atoms with Crippen LogP contribution in [0.15, 0.2) is 10.5 Å². The fraction of sp³-hybridized carbons (Fsp3) is 0.650. The van der Waals surface area contributed by atoms with Gasteiger partial charge >= 0.3 is 6.18 Å². The fourth-order valence-electron chi connectivity index (χ4n) is 4.32. The standard InChI is InChI=1S/C20H26F3N5O2/c1-10(2)14-7-16(20(21,22)23)28-17(25-14)8-15(26-28)13-5-6-27(9-13)19(29)18-11(3)24-12(4)30-18/h8,10,13-14,16,25H,5-7,9H2,1-4H3/t13-,14+,16-/m1/s1. The van der Waals surface area contributed by atoms with Gasteiger partial charge in [-0.15, -0.1) is 0 Å². The van der Waals surface area contributed by atoms with Gasteiger partial charge in [-0.3, -0.25) is 4.79 Å². The van der Waals surface area contributed by atoms with E-state index in [1.54, 1.807) is 24.8 Å². The van der Waals surface area contributed by atoms with Crippen LogP contribution in [-0.4, -0.2) is 50.9 Å². The normalized spacial score (nSPS) is 24.3. The number of hydrogen-bond acceptors (Lipinski definition) is 5. The number of rotatable bonds is 3. The van der Waals surface area contributed by atoms with Crippen LogP contribution in [0.3, 0.4) is 0 Å². The molecule has 1 saturated heterocycles. The van der Waals surface area contributed by atoms with E-state index in [9.17, 15) is 18.0 Å². The molecule has 10 heteroatoms. The predicted molar refractivity (Wildman–Crippen MR) is 103 cm³/mol. The zero-order chi connectivity index (χ0) is 21.8. The molecule has 3 atom stereocenters. The second kappa shape index (κ2) is 7.31. The summed E-state index contributed by atoms with van der Waals surface area (Å²) in [5.74, 6) is 0.738. The molecule has 1 amide bonds. The molecule has 1 fully saturated rings. The lowest BCUT2D eigenvalue weighted by molar-refractivity contribution is -0.174. The van der Waals surface area contributed by atoms with Gasteiger partial charge in [0.25, 0.3) is 5.91 Å². The lowest BCUT2D eigenvalue weighted by atomic mass is 9.94. The fourth-order valence-corrected chi connectivity index (χ4v) is 4.32. The number of anilines is 1. The Kier molecular flexibility index (Phi) is 5.06. The third-order valence-corrected chi connectivity index (χ3v) is 6.03. The second-order valence-corrected chi connectivity index (χ2v) is 8.57. The number of likely N-dealkylation sites (tertiary alicyclic amines) is 1. The van der Waals surface area contributed by atoms with Gasteiger partial charge < -0.3 is 14.6 Å². The van der Waals surface area contributed by atoms with Crippen LogP contribution < -0.4 is 5.32 Å². The van der Waals surface area contributed by atoms with Crippen molar-refractivity contribution >= 4 is 11.7 Å². The Labute approximate surface area is 172 Å². The van der Waals surface area contributed by atoms with Gasteiger partial charge in [0.1, 0.15) is 5.82 Å². The molecule has 0 unspecified atom stereocenters. The average molecular weight is 425 g/mol. The van der Waals surface area contributed by atoms with Crippen molar-refractivity contribution < 1.29 is 22.4 Å². The van der Waals surface area contributed by atoms with Crippen LogP contribution in [0, 0.1) is 19.8 Å². The number of carbonyl (C=O) groups is 1. The minimum Gasteiger partial charge on any atom is -0.436 e. The Morgan fingerprint density at radius 3 is 2.67 bits per heavy atom. The molecular formula is C20H26F3N5O2. The SMILES string of the molecule is Cc1nc(C)c(C(=O)N2CC[C@@H](c3cc4n(n3)[C@@H](C(F)(F)F)C[C@@H](C(C)C)N4)C2)o1. The number of oxazole rings is 1. The molecule has 1 N–H and O–H groups in total. The van der Waals surface area contributed by atoms with Crippen LogP contribution in [-0.2, 0) is 0 Å². The highest BCUT2D eigenvalue weighted by molar-refractivity contribution is 5.92. The van der Waals surface area contributed by atoms with Crippen molar-refractivity contribution in [3.8, 4) is 0 Å². The van der Waals surface area contributed by atoms with E-state index in [0.29, 0.717) is 42.6 Å². The zero-order valence-electron chi connectivity index (χ0n) is 17.5. The van der Waals surface area contributed by atoms with Crippen molar-refractivity contribution in [2.24, 2.45) is 5.92 Å². The lowest BCUT2D eigenvalue weighted by Crippen LogP contribution is -2.41. The Morgan fingerprint density at radius 1 is 1.33 bits per heavy atom. The molecule has 0 radical (unpaired) electrons. The summed E-state index contributed by atoms with van der Waals surface area (Å²) in [6.45, 7) is 8.10. The van der Waals surface area contributed by atoms with Crippen molar-refractivity contribution in [3.63, 3.8) is 0 Å². The maximum Gasteiger partial charge on any atom is 0.410 e. The van der Waals surface area contributed by atoms with Crippen molar-refractivity contribution in [3.05, 3.63) is 29.1 Å². The van der Waals surface area contributed by atoms with E-state index in [4.69, 9.17) is 4.42 Å². The van der Waals surface area contributed by atoms with E-state index in [1.165, 1.54) is 0 Å². The van der Waals surface area contributed by atoms with Crippen LogP contribution >= 0.6 is 0 Å². The summed E-state index contributed by atoms with van der Waals surface area (Å²) in [4.78, 5) is 18.5. The first kappa shape index (κ1) is 20.7. The first-order valence-corrected chi connectivity index (χ1v) is 10.2. The average Bonchev–Trinajstić information content (AvgIpc) is 3.36. The monoisotopic (exact) mass is 425 g/mol. The summed E-state index contributed by atoms with van der Waals surface area (Å²) in [5, 5.41) is 7.53. The minimum atomic E-state index is -4.37. The number of hydrogen-bond donors (Lipinski definition) is 1. The van der Waals surface area contributed by atoms with Crippen LogP contribution in [0.25, 0.3) is 0 Å². The molecule has 0 bridgehead atoms. The number of alkyl halides is 3. The van der Waals surface area contributed by atoms with E-state index < -0.39 is 12.2 Å². The van der Waals surface area contributed by atoms with Crippen LogP contribution in [0.2, 0.25) is 0 Å². The molecule has 164 valence electrons. The smallest absolute Gasteiger partial charge is 0.410 e. The van der Waals surface area contributed by atoms with Crippen molar-refractivity contribution in [2.45, 2.75) is 64.7 Å². The number of halogens is 3. The molecule has 2 aromatic rings. The molecule has 0 aromatic carbocycles. The molecule has 7 nitrogen and oxygen atoms in total. The van der Waals surface area contributed by atoms with Gasteiger partial charge in [-0.05, 0) is 25.7 Å². The second-order valence-electron chi connectivity index (χ2n) is 8.57. The third-order valence-electron chi connectivity index (χ3n) is 6.03. The largest absolute Gasteiger partial charge is 0.436 e. The summed E-state index contributed by atoms with van der Waals surface area (Å²) in [7, 11) is 0. The van der Waals surface area contributed by atoms with Crippen LogP contribution in [0.4, 0.5) is 19.0 Å². The first-order chi connectivity index (χ1) is 14.0. The highest BCUT2D eigenvalue weighted by atomic mass is 19.4. The number of aryl methyl sites for hydroxylation is 2. The maximum absolute atomic E-state index is 13.7. The number of carbonyl (C=O) groups excluding carboxylic acids is 1. The van der Waals surface area contributed by atoms with Gasteiger partial charge in [-0.25, -0.2) is 9.67 Å². The lowest BCUT2D eigenvalue weighted by Gasteiger charge is -2.35. The van der Waals surface area contributed by atoms with Gasteiger partial charge in [-0.2, -0.15) is 18.3 Å². The molecule has 2 aliphatic rings. The highest BCUT2D eigenvalue weighted by Gasteiger charge is 2.47. The van der Waals surface area contributed by atoms with Crippen molar-refractivity contribution in [1.82, 2.24) is 19.7 Å². The van der Waals surface area contributed by atoms with Crippen LogP contribution in [0.5, 0.6) is 0 Å². The molecular weight excluding hydrogens is 399 g/mol. The van der Waals surface area contributed by atoms with Gasteiger partial charge in [0.05, 0.1) is 11.4 Å². The maximum atomic E-state index is 13.7. The summed E-state index contributed by atoms with van der Waals surface area (Å²) in [6.07, 6.45) is -3.78. The Morgan fingerprint density at radius 2 is 2.07 bits per heavy atom. The molecule has 0 saturated carbocycles. The van der Waals surface area contributed by atoms with E-state index in [2.05, 4.69) is 15.4 Å². The van der Waals surface area contributed by atoms with E-state index >= 15 is 0 Å². The zero-order valence-corrected chi connectivity index (χ0v) is 17.5. The molecule has 30 heavy (non-hydrogen) atoms. The summed E-state index contributed by atoms with van der Waals surface area (Å²) in [6, 6.07) is -0.211. The quantitative estimate of drug-likeness (QED) is 0.803. The number of aromatic nitrogens is 3. The third kappa shape index (κ3) is 3.67. The molecule has 2 aromatic heterocycles. The Hall–Kier alpha value is -2.52. The number of nitrogens with zero attached hydrogens (tertiary/aromatic N) is 4. The topological polar surface area (TPSA) is 76.2 Å². The molecule has 2 aliphatic heterocycles. The summed E-state index contributed by atoms with van der Waals surface area (Å²) < 4.78 is 47.5. The molecule has 0 spiro atoms. The minimum absolute atomic E-state index is 0.0469. The predicted octanol–water partition coefficient (Wildman–Crippen LogP) is 4.06. The Bertz CT molecular complexity index is 949. The number of amides is 1. The van der Waals surface area contributed by atoms with Gasteiger partial charge in [-0.1, -0.05) is 13.8 Å². The molecule has 4 rings (SSSR count). The summed E-state index contributed by atoms with van der Waals surface area (Å²) in [5.41, 5.74) is 1.12. The number of fused-ring (bicyclic) bond motifs is 1. The van der Waals surface area contributed by atoms with Crippen LogP contribution in [0.1, 0.15) is 66.5 Å². The molecule has 0 aliphatic carbocycles. The van der Waals surface area contributed by atoms with E-state index in [1.807, 2.05) is 13.8 Å². The Balaban J connectivity index is 1.55. The summed E-state index contributed by atoms with van der Waals surface area (Å²) >= 11 is 0. The highest BCUT2D eigenvalue weighted by Crippen LogP contribution is 2.42. The van der Waals surface area contributed by atoms with Gasteiger partial charge in [0.15, 0.2) is 11.9 Å².